The van der Waals surface area contributed by atoms with Gasteiger partial charge in [0.15, 0.2) is 5.76 Å². The lowest BCUT2D eigenvalue weighted by molar-refractivity contribution is 0.0734. The minimum Gasteiger partial charge on any atom is -0.458 e. The number of fused-ring (bicyclic) bond motifs is 4. The molecule has 0 atom stereocenters. The first-order valence-corrected chi connectivity index (χ1v) is 14.4. The van der Waals surface area contributed by atoms with E-state index in [0.717, 1.165) is 22.4 Å². The summed E-state index contributed by atoms with van der Waals surface area (Å²) in [5, 5.41) is 1.58. The third-order valence-corrected chi connectivity index (χ3v) is 11.9. The summed E-state index contributed by atoms with van der Waals surface area (Å²) in [4.78, 5) is 0. The van der Waals surface area contributed by atoms with Gasteiger partial charge in [0.05, 0.1) is 12.6 Å². The second-order valence-corrected chi connectivity index (χ2v) is 14.4. The Kier molecular flexibility index (Phi) is 3.91. The Bertz CT molecular complexity index is 1200. The van der Waals surface area contributed by atoms with Crippen LogP contribution in [-0.4, -0.2) is 14.9 Å². The van der Waals surface area contributed by atoms with E-state index in [-0.39, 0.29) is 0 Å². The molecule has 0 N–H and O–H groups in total. The van der Waals surface area contributed by atoms with E-state index in [1.165, 1.54) is 39.0 Å². The van der Waals surface area contributed by atoms with Crippen molar-refractivity contribution in [2.24, 2.45) is 0 Å². The van der Waals surface area contributed by atoms with Crippen LogP contribution in [0.3, 0.4) is 0 Å². The molecule has 4 heteroatoms. The zero-order chi connectivity index (χ0) is 20.6. The largest absolute Gasteiger partial charge is 0.458 e. The van der Waals surface area contributed by atoms with Gasteiger partial charge in [-0.2, -0.15) is 0 Å². The molecule has 0 bridgehead atoms. The van der Waals surface area contributed by atoms with Gasteiger partial charge in [0.2, 0.25) is 6.79 Å². The van der Waals surface area contributed by atoms with Crippen molar-refractivity contribution >= 4 is 24.0 Å². The number of allylic oxidation sites excluding steroid dienone is 6. The molecule has 0 spiro atoms. The van der Waals surface area contributed by atoms with Crippen LogP contribution in [0.25, 0.3) is 11.1 Å². The number of hydrogen-bond acceptors (Lipinski definition) is 2. The first-order chi connectivity index (χ1) is 14.5. The Morgan fingerprint density at radius 2 is 1.57 bits per heavy atom. The second kappa shape index (κ2) is 6.35. The van der Waals surface area contributed by atoms with Crippen LogP contribution in [0.5, 0.6) is 0 Å². The number of ether oxygens (including phenoxy) is 2. The van der Waals surface area contributed by atoms with Crippen molar-refractivity contribution in [3.05, 3.63) is 104 Å². The molecule has 0 saturated heterocycles. The average molecular weight is 475 g/mol. The SMILES string of the molecule is CC1=CC2=C(Br)C3=C(CC2=C1[Si](C)(C)C1c2ccccc2-c2ccccc21)OCO3. The molecule has 2 aromatic rings. The molecule has 3 aliphatic carbocycles. The molecule has 0 fully saturated rings. The van der Waals surface area contributed by atoms with Crippen LogP contribution in [0.1, 0.15) is 30.0 Å². The lowest BCUT2D eigenvalue weighted by atomic mass is 9.99. The minimum atomic E-state index is -1.95. The highest BCUT2D eigenvalue weighted by molar-refractivity contribution is 9.12. The van der Waals surface area contributed by atoms with Crippen molar-refractivity contribution in [2.75, 3.05) is 6.79 Å². The Morgan fingerprint density at radius 1 is 0.933 bits per heavy atom. The van der Waals surface area contributed by atoms with Crippen LogP contribution in [0.4, 0.5) is 0 Å². The molecule has 150 valence electrons. The van der Waals surface area contributed by atoms with Crippen molar-refractivity contribution in [2.45, 2.75) is 32.0 Å². The zero-order valence-electron chi connectivity index (χ0n) is 17.4. The van der Waals surface area contributed by atoms with E-state index >= 15 is 0 Å². The fraction of sp³-hybridized carbons (Fsp3) is 0.231. The fourth-order valence-corrected chi connectivity index (χ4v) is 11.1. The molecule has 2 nitrogen and oxygen atoms in total. The lowest BCUT2D eigenvalue weighted by Gasteiger charge is -2.35. The van der Waals surface area contributed by atoms with Gasteiger partial charge in [0.25, 0.3) is 0 Å². The predicted octanol–water partition coefficient (Wildman–Crippen LogP) is 7.11. The summed E-state index contributed by atoms with van der Waals surface area (Å²) in [5.41, 5.74) is 10.4. The molecule has 1 heterocycles. The van der Waals surface area contributed by atoms with Crippen molar-refractivity contribution in [1.82, 2.24) is 0 Å². The molecule has 30 heavy (non-hydrogen) atoms. The van der Waals surface area contributed by atoms with Gasteiger partial charge in [-0.15, -0.1) is 0 Å². The number of hydrogen-bond donors (Lipinski definition) is 0. The maximum absolute atomic E-state index is 5.82. The summed E-state index contributed by atoms with van der Waals surface area (Å²) < 4.78 is 12.6. The van der Waals surface area contributed by atoms with Gasteiger partial charge in [0.1, 0.15) is 5.76 Å². The quantitative estimate of drug-likeness (QED) is 0.431. The number of halogens is 1. The Hall–Kier alpha value is -2.30. The second-order valence-electron chi connectivity index (χ2n) is 9.07. The summed E-state index contributed by atoms with van der Waals surface area (Å²) >= 11 is 3.81. The van der Waals surface area contributed by atoms with Gasteiger partial charge >= 0.3 is 0 Å². The van der Waals surface area contributed by atoms with Crippen LogP contribution in [-0.2, 0) is 9.47 Å². The van der Waals surface area contributed by atoms with Gasteiger partial charge in [-0.1, -0.05) is 78.5 Å². The molecule has 0 aromatic heterocycles. The van der Waals surface area contributed by atoms with Gasteiger partial charge in [-0.25, -0.2) is 0 Å². The summed E-state index contributed by atoms with van der Waals surface area (Å²) in [5.74, 6) is 1.85. The third kappa shape index (κ3) is 2.35. The summed E-state index contributed by atoms with van der Waals surface area (Å²) in [7, 11) is -1.95. The van der Waals surface area contributed by atoms with Crippen LogP contribution >= 0.6 is 15.9 Å². The smallest absolute Gasteiger partial charge is 0.230 e. The maximum Gasteiger partial charge on any atom is 0.230 e. The first-order valence-electron chi connectivity index (χ1n) is 10.5. The summed E-state index contributed by atoms with van der Waals surface area (Å²) in [6.45, 7) is 7.69. The Morgan fingerprint density at radius 3 is 2.23 bits per heavy atom. The fourth-order valence-electron chi connectivity index (χ4n) is 6.01. The Balaban J connectivity index is 1.56. The van der Waals surface area contributed by atoms with Crippen LogP contribution in [0.15, 0.2) is 92.5 Å². The predicted molar refractivity (Wildman–Crippen MR) is 127 cm³/mol. The van der Waals surface area contributed by atoms with Gasteiger partial charge in [-0.05, 0) is 56.3 Å². The summed E-state index contributed by atoms with van der Waals surface area (Å²) in [6.07, 6.45) is 3.18. The van der Waals surface area contributed by atoms with Crippen molar-refractivity contribution in [1.29, 1.82) is 0 Å². The molecule has 0 radical (unpaired) electrons. The van der Waals surface area contributed by atoms with E-state index in [0.29, 0.717) is 12.3 Å². The number of rotatable bonds is 2. The molecule has 4 aliphatic rings. The first kappa shape index (κ1) is 18.5. The van der Waals surface area contributed by atoms with Crippen molar-refractivity contribution in [3.8, 4) is 11.1 Å². The number of benzene rings is 2. The third-order valence-electron chi connectivity index (χ3n) is 7.04. The average Bonchev–Trinajstić information content (AvgIpc) is 3.42. The molecule has 0 saturated carbocycles. The van der Waals surface area contributed by atoms with Crippen molar-refractivity contribution in [3.63, 3.8) is 0 Å². The minimum absolute atomic E-state index is 0.322. The van der Waals surface area contributed by atoms with Crippen LogP contribution in [0.2, 0.25) is 13.1 Å². The lowest BCUT2D eigenvalue weighted by Crippen LogP contribution is -2.38. The molecule has 1 aliphatic heterocycles. The van der Waals surface area contributed by atoms with E-state index in [1.54, 1.807) is 5.20 Å². The van der Waals surface area contributed by atoms with Crippen molar-refractivity contribution < 1.29 is 9.47 Å². The topological polar surface area (TPSA) is 18.5 Å². The normalized spacial score (nSPS) is 19.9. The van der Waals surface area contributed by atoms with Crippen LogP contribution < -0.4 is 0 Å². The van der Waals surface area contributed by atoms with E-state index in [2.05, 4.69) is 90.6 Å². The zero-order valence-corrected chi connectivity index (χ0v) is 20.0. The molecule has 0 unspecified atom stereocenters. The van der Waals surface area contributed by atoms with E-state index < -0.39 is 8.07 Å². The van der Waals surface area contributed by atoms with Crippen LogP contribution in [0, 0.1) is 0 Å². The standard InChI is InChI=1S/C26H23BrO2Si/c1-15-12-20-21(13-22-24(23(20)27)29-14-28-22)25(15)30(2,3)26-18-10-6-4-8-16(18)17-9-5-7-11-19(17)26/h4-12,26H,13-14H2,1-3H3. The highest BCUT2D eigenvalue weighted by Crippen LogP contribution is 2.55. The molecule has 2 aromatic carbocycles. The Labute approximate surface area is 186 Å². The van der Waals surface area contributed by atoms with Gasteiger partial charge in [-0.3, -0.25) is 0 Å². The van der Waals surface area contributed by atoms with E-state index in [4.69, 9.17) is 9.47 Å². The molecular weight excluding hydrogens is 452 g/mol. The highest BCUT2D eigenvalue weighted by atomic mass is 79.9. The molecule has 0 amide bonds. The van der Waals surface area contributed by atoms with E-state index in [1.807, 2.05) is 0 Å². The molecular formula is C26H23BrO2Si. The maximum atomic E-state index is 5.82. The van der Waals surface area contributed by atoms with Gasteiger partial charge < -0.3 is 9.47 Å². The van der Waals surface area contributed by atoms with E-state index in [9.17, 15) is 0 Å². The molecule has 6 rings (SSSR count). The monoisotopic (exact) mass is 474 g/mol. The highest BCUT2D eigenvalue weighted by Gasteiger charge is 2.47. The van der Waals surface area contributed by atoms with Gasteiger partial charge in [0, 0.05) is 12.0 Å². The summed E-state index contributed by atoms with van der Waals surface area (Å²) in [6, 6.07) is 18.0.